The molecule has 2 aromatic rings. The highest BCUT2D eigenvalue weighted by molar-refractivity contribution is 7.08. The van der Waals surface area contributed by atoms with Crippen molar-refractivity contribution in [1.29, 1.82) is 0 Å². The van der Waals surface area contributed by atoms with E-state index in [0.717, 1.165) is 68.7 Å². The van der Waals surface area contributed by atoms with E-state index < -0.39 is 6.04 Å². The predicted molar refractivity (Wildman–Crippen MR) is 193 cm³/mol. The minimum Gasteiger partial charge on any atom is -0.397 e. The summed E-state index contributed by atoms with van der Waals surface area (Å²) in [5.41, 5.74) is 10.7. The van der Waals surface area contributed by atoms with E-state index in [2.05, 4.69) is 32.9 Å². The van der Waals surface area contributed by atoms with Crippen LogP contribution in [-0.2, 0) is 24.1 Å². The fraction of sp³-hybridized carbons (Fsp3) is 0.629. The van der Waals surface area contributed by atoms with Crippen LogP contribution >= 0.6 is 22.9 Å². The molecule has 6 rings (SSSR count). The third-order valence-corrected chi connectivity index (χ3v) is 11.9. The third kappa shape index (κ3) is 8.04. The summed E-state index contributed by atoms with van der Waals surface area (Å²) in [7, 11) is 2.19. The van der Waals surface area contributed by atoms with E-state index in [1.54, 1.807) is 16.2 Å². The second-order valence-corrected chi connectivity index (χ2v) is 15.0. The standard InChI is InChI=1S/C35H51ClN8O3S/c1-3-25-19-24(20-29(36)32(25)37)21-30(33(45)42-12-6-27(7-13-42)41-11-4-10-40(2)17-18-41)38-34(46)43-14-8-28(9-15-43)44-16-5-26-22-48-23-31(26)39-35(44)47/h19-20,22-23,27-28,30H,3-18,21,37H2,1-2H3,(H,38,46)(H,39,47)/t30-/m1/s1. The zero-order valence-corrected chi connectivity index (χ0v) is 30.0. The van der Waals surface area contributed by atoms with Crippen molar-refractivity contribution in [1.82, 2.24) is 29.8 Å². The lowest BCUT2D eigenvalue weighted by atomic mass is 9.98. The largest absolute Gasteiger partial charge is 0.397 e. The topological polar surface area (TPSA) is 117 Å². The summed E-state index contributed by atoms with van der Waals surface area (Å²) < 4.78 is 0. The second-order valence-electron chi connectivity index (χ2n) is 13.9. The Balaban J connectivity index is 1.09. The van der Waals surface area contributed by atoms with E-state index in [0.29, 0.717) is 68.7 Å². The Morgan fingerprint density at radius 2 is 1.71 bits per heavy atom. The lowest BCUT2D eigenvalue weighted by Gasteiger charge is -2.40. The highest BCUT2D eigenvalue weighted by Gasteiger charge is 2.35. The molecule has 5 amide bonds. The van der Waals surface area contributed by atoms with Gasteiger partial charge in [-0.05, 0) is 93.2 Å². The van der Waals surface area contributed by atoms with Gasteiger partial charge in [-0.2, -0.15) is 0 Å². The molecule has 4 aliphatic rings. The zero-order valence-electron chi connectivity index (χ0n) is 28.4. The molecular formula is C35H51ClN8O3S. The molecule has 48 heavy (non-hydrogen) atoms. The average Bonchev–Trinajstić information content (AvgIpc) is 3.32. The van der Waals surface area contributed by atoms with Crippen LogP contribution in [0.3, 0.4) is 0 Å². The van der Waals surface area contributed by atoms with Crippen LogP contribution in [0.2, 0.25) is 5.02 Å². The van der Waals surface area contributed by atoms with Crippen LogP contribution < -0.4 is 16.4 Å². The lowest BCUT2D eigenvalue weighted by molar-refractivity contribution is -0.134. The maximum atomic E-state index is 14.2. The Labute approximate surface area is 293 Å². The van der Waals surface area contributed by atoms with E-state index in [4.69, 9.17) is 17.3 Å². The smallest absolute Gasteiger partial charge is 0.322 e. The van der Waals surface area contributed by atoms with Crippen molar-refractivity contribution in [2.24, 2.45) is 0 Å². The van der Waals surface area contributed by atoms with Crippen LogP contribution in [0.1, 0.15) is 55.7 Å². The van der Waals surface area contributed by atoms with Gasteiger partial charge in [0.25, 0.3) is 0 Å². The number of amides is 5. The molecule has 13 heteroatoms. The molecule has 0 aliphatic carbocycles. The molecule has 0 saturated carbocycles. The number of nitrogen functional groups attached to an aromatic ring is 1. The first-order chi connectivity index (χ1) is 23.2. The maximum absolute atomic E-state index is 14.2. The van der Waals surface area contributed by atoms with Crippen LogP contribution in [0.25, 0.3) is 0 Å². The van der Waals surface area contributed by atoms with Crippen molar-refractivity contribution in [2.75, 3.05) is 77.0 Å². The van der Waals surface area contributed by atoms with Gasteiger partial charge in [-0.25, -0.2) is 9.59 Å². The number of aryl methyl sites for hydroxylation is 1. The van der Waals surface area contributed by atoms with Gasteiger partial charge in [0.2, 0.25) is 5.91 Å². The number of piperidine rings is 2. The van der Waals surface area contributed by atoms with Crippen molar-refractivity contribution in [3.63, 3.8) is 0 Å². The Morgan fingerprint density at radius 1 is 0.979 bits per heavy atom. The fourth-order valence-corrected chi connectivity index (χ4v) is 8.90. The number of hydrogen-bond acceptors (Lipinski definition) is 7. The van der Waals surface area contributed by atoms with Gasteiger partial charge in [0, 0.05) is 69.7 Å². The summed E-state index contributed by atoms with van der Waals surface area (Å²) in [5.74, 6) is -0.0492. The summed E-state index contributed by atoms with van der Waals surface area (Å²) in [6.45, 7) is 9.48. The summed E-state index contributed by atoms with van der Waals surface area (Å²) in [6.07, 6.45) is 6.32. The van der Waals surface area contributed by atoms with Crippen molar-refractivity contribution >= 4 is 52.3 Å². The molecule has 11 nitrogen and oxygen atoms in total. The number of thiophene rings is 1. The molecule has 0 bridgehead atoms. The Hall–Kier alpha value is -3.06. The number of carbonyl (C=O) groups excluding carboxylic acids is 3. The van der Waals surface area contributed by atoms with Gasteiger partial charge in [0.05, 0.1) is 16.4 Å². The van der Waals surface area contributed by atoms with Gasteiger partial charge in [-0.15, -0.1) is 11.3 Å². The predicted octanol–water partition coefficient (Wildman–Crippen LogP) is 4.35. The molecule has 0 spiro atoms. The number of carbonyl (C=O) groups is 3. The number of hydrogen-bond donors (Lipinski definition) is 3. The van der Waals surface area contributed by atoms with E-state index in [1.165, 1.54) is 12.0 Å². The molecule has 1 aromatic carbocycles. The summed E-state index contributed by atoms with van der Waals surface area (Å²) in [6, 6.07) is 3.34. The van der Waals surface area contributed by atoms with E-state index >= 15 is 0 Å². The average molecular weight is 699 g/mol. The first-order valence-electron chi connectivity index (χ1n) is 17.7. The SMILES string of the molecule is CCc1cc(C[C@@H](NC(=O)N2CCC(N3CCc4cscc4NC3=O)CC2)C(=O)N2CCC(N3CCCN(C)CC3)CC2)cc(Cl)c1N. The molecule has 0 radical (unpaired) electrons. The van der Waals surface area contributed by atoms with Gasteiger partial charge in [-0.1, -0.05) is 24.6 Å². The quantitative estimate of drug-likeness (QED) is 0.371. The third-order valence-electron chi connectivity index (χ3n) is 10.8. The summed E-state index contributed by atoms with van der Waals surface area (Å²) in [5, 5.41) is 10.7. The number of nitrogens with one attached hydrogen (secondary N) is 2. The molecular weight excluding hydrogens is 648 g/mol. The van der Waals surface area contributed by atoms with Gasteiger partial charge < -0.3 is 36.0 Å². The Morgan fingerprint density at radius 3 is 2.46 bits per heavy atom. The van der Waals surface area contributed by atoms with Crippen molar-refractivity contribution in [2.45, 2.75) is 76.4 Å². The van der Waals surface area contributed by atoms with Gasteiger partial charge in [0.1, 0.15) is 6.04 Å². The highest BCUT2D eigenvalue weighted by atomic mass is 35.5. The molecule has 3 saturated heterocycles. The van der Waals surface area contributed by atoms with Gasteiger partial charge in [-0.3, -0.25) is 9.69 Å². The number of nitrogens with zero attached hydrogens (tertiary/aromatic N) is 5. The normalized spacial score (nSPS) is 21.3. The van der Waals surface area contributed by atoms with Crippen LogP contribution in [0.5, 0.6) is 0 Å². The van der Waals surface area contributed by atoms with E-state index in [1.807, 2.05) is 34.2 Å². The molecule has 262 valence electrons. The van der Waals surface area contributed by atoms with Gasteiger partial charge in [0.15, 0.2) is 0 Å². The Bertz CT molecular complexity index is 1460. The molecule has 3 fully saturated rings. The molecule has 1 atom stereocenters. The van der Waals surface area contributed by atoms with Crippen LogP contribution in [0.4, 0.5) is 21.0 Å². The maximum Gasteiger partial charge on any atom is 0.322 e. The summed E-state index contributed by atoms with van der Waals surface area (Å²) >= 11 is 8.12. The zero-order chi connectivity index (χ0) is 33.8. The second kappa shape index (κ2) is 15.7. The van der Waals surface area contributed by atoms with Crippen LogP contribution in [0.15, 0.2) is 22.9 Å². The van der Waals surface area contributed by atoms with Crippen LogP contribution in [0, 0.1) is 0 Å². The van der Waals surface area contributed by atoms with Crippen molar-refractivity contribution < 1.29 is 14.4 Å². The number of likely N-dealkylation sites (N-methyl/N-ethyl adjacent to an activating group) is 1. The molecule has 1 aromatic heterocycles. The van der Waals surface area contributed by atoms with E-state index in [9.17, 15) is 14.4 Å². The summed E-state index contributed by atoms with van der Waals surface area (Å²) in [4.78, 5) is 51.6. The number of rotatable bonds is 7. The lowest BCUT2D eigenvalue weighted by Crippen LogP contribution is -2.57. The molecule has 4 N–H and O–H groups in total. The monoisotopic (exact) mass is 698 g/mol. The first-order valence-corrected chi connectivity index (χ1v) is 19.0. The number of anilines is 2. The molecule has 5 heterocycles. The fourth-order valence-electron chi connectivity index (χ4n) is 7.81. The number of likely N-dealkylation sites (tertiary alicyclic amines) is 2. The Kier molecular flexibility index (Phi) is 11.3. The van der Waals surface area contributed by atoms with Gasteiger partial charge >= 0.3 is 12.1 Å². The number of urea groups is 2. The number of benzene rings is 1. The first kappa shape index (κ1) is 34.8. The minimum atomic E-state index is -0.724. The molecule has 4 aliphatic heterocycles. The number of halogens is 1. The molecule has 0 unspecified atom stereocenters. The van der Waals surface area contributed by atoms with Crippen molar-refractivity contribution in [3.8, 4) is 0 Å². The van der Waals surface area contributed by atoms with E-state index in [-0.39, 0.29) is 24.0 Å². The van der Waals surface area contributed by atoms with Crippen LogP contribution in [-0.4, -0.2) is 127 Å². The number of nitrogens with two attached hydrogens (primary N) is 1. The minimum absolute atomic E-state index is 0.0492. The highest BCUT2D eigenvalue weighted by Crippen LogP contribution is 2.29. The van der Waals surface area contributed by atoms with Crippen molar-refractivity contribution in [3.05, 3.63) is 44.6 Å². The number of fused-ring (bicyclic) bond motifs is 1.